The van der Waals surface area contributed by atoms with Crippen LogP contribution in [0.1, 0.15) is 19.8 Å². The highest BCUT2D eigenvalue weighted by Gasteiger charge is 2.29. The summed E-state index contributed by atoms with van der Waals surface area (Å²) in [5.41, 5.74) is 0.916. The van der Waals surface area contributed by atoms with E-state index in [0.717, 1.165) is 57.8 Å². The van der Waals surface area contributed by atoms with E-state index in [4.69, 9.17) is 0 Å². The van der Waals surface area contributed by atoms with Crippen molar-refractivity contribution in [3.8, 4) is 0 Å². The third-order valence-corrected chi connectivity index (χ3v) is 5.60. The van der Waals surface area contributed by atoms with E-state index in [2.05, 4.69) is 9.80 Å². The molecule has 0 aromatic heterocycles. The Kier molecular flexibility index (Phi) is 6.27. The third kappa shape index (κ3) is 4.43. The van der Waals surface area contributed by atoms with Crippen molar-refractivity contribution < 1.29 is 9.59 Å². The average Bonchev–Trinajstić information content (AvgIpc) is 3.22. The molecule has 1 aromatic rings. The number of hydrogen-bond acceptors (Lipinski definition) is 4. The molecule has 2 aliphatic heterocycles. The van der Waals surface area contributed by atoms with Gasteiger partial charge in [-0.15, -0.1) is 0 Å². The second-order valence-electron chi connectivity index (χ2n) is 7.31. The van der Waals surface area contributed by atoms with Gasteiger partial charge in [0, 0.05) is 52.0 Å². The molecule has 3 rings (SSSR count). The SMILES string of the molecule is CC(C(=O)N(C)c1ccccc1)N1CCN(CC(=O)N2CCCC2)CC1. The molecule has 0 aliphatic carbocycles. The van der Waals surface area contributed by atoms with Crippen LogP contribution in [0.2, 0.25) is 0 Å². The summed E-state index contributed by atoms with van der Waals surface area (Å²) < 4.78 is 0. The quantitative estimate of drug-likeness (QED) is 0.796. The van der Waals surface area contributed by atoms with E-state index in [9.17, 15) is 9.59 Å². The minimum Gasteiger partial charge on any atom is -0.342 e. The topological polar surface area (TPSA) is 47.1 Å². The Bertz CT molecular complexity index is 607. The highest BCUT2D eigenvalue weighted by Crippen LogP contribution is 2.16. The first-order valence-corrected chi connectivity index (χ1v) is 9.63. The van der Waals surface area contributed by atoms with Gasteiger partial charge in [-0.1, -0.05) is 18.2 Å². The van der Waals surface area contributed by atoms with Gasteiger partial charge in [-0.25, -0.2) is 0 Å². The number of anilines is 1. The number of carbonyl (C=O) groups excluding carboxylic acids is 2. The van der Waals surface area contributed by atoms with Gasteiger partial charge in [0.2, 0.25) is 11.8 Å². The second-order valence-corrected chi connectivity index (χ2v) is 7.31. The number of rotatable bonds is 5. The maximum atomic E-state index is 12.8. The van der Waals surface area contributed by atoms with Crippen molar-refractivity contribution in [2.45, 2.75) is 25.8 Å². The van der Waals surface area contributed by atoms with Gasteiger partial charge in [-0.3, -0.25) is 19.4 Å². The van der Waals surface area contributed by atoms with Gasteiger partial charge in [0.1, 0.15) is 0 Å². The largest absolute Gasteiger partial charge is 0.342 e. The Balaban J connectivity index is 1.47. The predicted molar refractivity (Wildman–Crippen MR) is 103 cm³/mol. The molecule has 6 nitrogen and oxygen atoms in total. The molecular formula is C20H30N4O2. The number of hydrogen-bond donors (Lipinski definition) is 0. The van der Waals surface area contributed by atoms with E-state index in [1.165, 1.54) is 0 Å². The number of amides is 2. The molecule has 1 unspecified atom stereocenters. The molecule has 0 saturated carbocycles. The van der Waals surface area contributed by atoms with Crippen LogP contribution in [-0.4, -0.2) is 85.4 Å². The maximum absolute atomic E-state index is 12.8. The van der Waals surface area contributed by atoms with Gasteiger partial charge in [0.05, 0.1) is 12.6 Å². The van der Waals surface area contributed by atoms with Gasteiger partial charge in [0.25, 0.3) is 0 Å². The zero-order valence-electron chi connectivity index (χ0n) is 15.9. The van der Waals surface area contributed by atoms with E-state index in [0.29, 0.717) is 6.54 Å². The normalized spacial score (nSPS) is 20.2. The zero-order valence-corrected chi connectivity index (χ0v) is 15.9. The first-order valence-electron chi connectivity index (χ1n) is 9.63. The molecule has 2 saturated heterocycles. The van der Waals surface area contributed by atoms with Crippen molar-refractivity contribution in [3.05, 3.63) is 30.3 Å². The van der Waals surface area contributed by atoms with Gasteiger partial charge >= 0.3 is 0 Å². The number of likely N-dealkylation sites (N-methyl/N-ethyl adjacent to an activating group) is 1. The highest BCUT2D eigenvalue weighted by atomic mass is 16.2. The van der Waals surface area contributed by atoms with Crippen molar-refractivity contribution >= 4 is 17.5 Å². The molecule has 142 valence electrons. The molecule has 2 amide bonds. The van der Waals surface area contributed by atoms with Crippen LogP contribution in [0.5, 0.6) is 0 Å². The molecule has 0 bridgehead atoms. The summed E-state index contributed by atoms with van der Waals surface area (Å²) in [6.45, 7) is 7.64. The van der Waals surface area contributed by atoms with Crippen molar-refractivity contribution in [1.82, 2.24) is 14.7 Å². The molecule has 2 heterocycles. The third-order valence-electron chi connectivity index (χ3n) is 5.60. The summed E-state index contributed by atoms with van der Waals surface area (Å²) in [5, 5.41) is 0. The fourth-order valence-electron chi connectivity index (χ4n) is 3.78. The molecule has 2 aliphatic rings. The van der Waals surface area contributed by atoms with E-state index in [1.807, 2.05) is 49.2 Å². The predicted octanol–water partition coefficient (Wildman–Crippen LogP) is 1.28. The van der Waals surface area contributed by atoms with Crippen molar-refractivity contribution in [2.75, 3.05) is 57.8 Å². The lowest BCUT2D eigenvalue weighted by Gasteiger charge is -2.38. The minimum absolute atomic E-state index is 0.109. The van der Waals surface area contributed by atoms with Crippen molar-refractivity contribution in [2.24, 2.45) is 0 Å². The highest BCUT2D eigenvalue weighted by molar-refractivity contribution is 5.96. The molecule has 1 aromatic carbocycles. The fraction of sp³-hybridized carbons (Fsp3) is 0.600. The van der Waals surface area contributed by atoms with Crippen LogP contribution < -0.4 is 4.90 Å². The van der Waals surface area contributed by atoms with E-state index >= 15 is 0 Å². The minimum atomic E-state index is -0.156. The number of carbonyl (C=O) groups is 2. The number of benzene rings is 1. The number of piperazine rings is 1. The lowest BCUT2D eigenvalue weighted by Crippen LogP contribution is -2.55. The maximum Gasteiger partial charge on any atom is 0.243 e. The second kappa shape index (κ2) is 8.64. The molecular weight excluding hydrogens is 328 g/mol. The van der Waals surface area contributed by atoms with Crippen LogP contribution in [0, 0.1) is 0 Å². The van der Waals surface area contributed by atoms with Crippen LogP contribution in [0.3, 0.4) is 0 Å². The first-order chi connectivity index (χ1) is 12.6. The fourth-order valence-corrected chi connectivity index (χ4v) is 3.78. The summed E-state index contributed by atoms with van der Waals surface area (Å²) in [5.74, 6) is 0.363. The van der Waals surface area contributed by atoms with E-state index in [-0.39, 0.29) is 17.9 Å². The molecule has 0 radical (unpaired) electrons. The Hall–Kier alpha value is -1.92. The molecule has 0 N–H and O–H groups in total. The summed E-state index contributed by atoms with van der Waals surface area (Å²) in [7, 11) is 1.83. The van der Waals surface area contributed by atoms with Crippen LogP contribution in [0.4, 0.5) is 5.69 Å². The molecule has 0 spiro atoms. The van der Waals surface area contributed by atoms with Gasteiger partial charge in [0.15, 0.2) is 0 Å². The molecule has 6 heteroatoms. The van der Waals surface area contributed by atoms with Crippen molar-refractivity contribution in [3.63, 3.8) is 0 Å². The van der Waals surface area contributed by atoms with Crippen molar-refractivity contribution in [1.29, 1.82) is 0 Å². The average molecular weight is 358 g/mol. The Morgan fingerprint density at radius 1 is 1.00 bits per heavy atom. The smallest absolute Gasteiger partial charge is 0.243 e. The van der Waals surface area contributed by atoms with Gasteiger partial charge < -0.3 is 9.80 Å². The summed E-state index contributed by atoms with van der Waals surface area (Å²) >= 11 is 0. The van der Waals surface area contributed by atoms with Crippen LogP contribution in [-0.2, 0) is 9.59 Å². The standard InChI is InChI=1S/C20H30N4O2/c1-17(20(26)21(2)18-8-4-3-5-9-18)23-14-12-22(13-15-23)16-19(25)24-10-6-7-11-24/h3-5,8-9,17H,6-7,10-16H2,1-2H3. The molecule has 26 heavy (non-hydrogen) atoms. The Labute approximate surface area is 156 Å². The molecule has 1 atom stereocenters. The zero-order chi connectivity index (χ0) is 18.5. The van der Waals surface area contributed by atoms with Crippen LogP contribution in [0.15, 0.2) is 30.3 Å². The Morgan fingerprint density at radius 2 is 1.62 bits per heavy atom. The van der Waals surface area contributed by atoms with Gasteiger partial charge in [-0.05, 0) is 31.9 Å². The Morgan fingerprint density at radius 3 is 2.23 bits per heavy atom. The summed E-state index contributed by atoms with van der Waals surface area (Å²) in [6.07, 6.45) is 2.27. The molecule has 2 fully saturated rings. The first kappa shape index (κ1) is 18.9. The van der Waals surface area contributed by atoms with E-state index in [1.54, 1.807) is 4.90 Å². The van der Waals surface area contributed by atoms with Crippen LogP contribution in [0.25, 0.3) is 0 Å². The van der Waals surface area contributed by atoms with Crippen LogP contribution >= 0.6 is 0 Å². The number of para-hydroxylation sites is 1. The monoisotopic (exact) mass is 358 g/mol. The lowest BCUT2D eigenvalue weighted by atomic mass is 10.2. The lowest BCUT2D eigenvalue weighted by molar-refractivity contribution is -0.132. The van der Waals surface area contributed by atoms with E-state index < -0.39 is 0 Å². The van der Waals surface area contributed by atoms with Gasteiger partial charge in [-0.2, -0.15) is 0 Å². The number of likely N-dealkylation sites (tertiary alicyclic amines) is 1. The summed E-state index contributed by atoms with van der Waals surface area (Å²) in [6, 6.07) is 9.59. The number of nitrogens with zero attached hydrogens (tertiary/aromatic N) is 4. The summed E-state index contributed by atoms with van der Waals surface area (Å²) in [4.78, 5) is 33.2.